The van der Waals surface area contributed by atoms with Crippen LogP contribution in [0.2, 0.25) is 5.15 Å². The molecule has 0 aromatic carbocycles. The quantitative estimate of drug-likeness (QED) is 0.709. The van der Waals surface area contributed by atoms with Gasteiger partial charge in [0.05, 0.1) is 12.1 Å². The second kappa shape index (κ2) is 7.58. The van der Waals surface area contributed by atoms with Gasteiger partial charge in [0.15, 0.2) is 5.15 Å². The molecule has 7 heteroatoms. The number of halogens is 1. The highest BCUT2D eigenvalue weighted by molar-refractivity contribution is 6.32. The number of pyridine rings is 1. The summed E-state index contributed by atoms with van der Waals surface area (Å²) in [5.41, 5.74) is 0.621. The zero-order valence-electron chi connectivity index (χ0n) is 10.3. The van der Waals surface area contributed by atoms with Crippen LogP contribution in [0.5, 0.6) is 0 Å². The van der Waals surface area contributed by atoms with E-state index in [-0.39, 0.29) is 24.5 Å². The Labute approximate surface area is 115 Å². The molecule has 19 heavy (non-hydrogen) atoms. The van der Waals surface area contributed by atoms with E-state index in [1.807, 2.05) is 0 Å². The molecule has 0 aliphatic carbocycles. The van der Waals surface area contributed by atoms with Gasteiger partial charge in [0.1, 0.15) is 0 Å². The molecule has 1 rings (SSSR count). The fourth-order valence-electron chi connectivity index (χ4n) is 1.62. The number of hydrogen-bond acceptors (Lipinski definition) is 4. The zero-order valence-corrected chi connectivity index (χ0v) is 11.0. The minimum Gasteiger partial charge on any atom is -0.481 e. The van der Waals surface area contributed by atoms with Gasteiger partial charge in [0.25, 0.3) is 0 Å². The van der Waals surface area contributed by atoms with Crippen molar-refractivity contribution in [2.24, 2.45) is 0 Å². The second-order valence-corrected chi connectivity index (χ2v) is 4.30. The average molecular weight is 287 g/mol. The lowest BCUT2D eigenvalue weighted by atomic mass is 10.2. The number of carbonyl (C=O) groups is 2. The minimum atomic E-state index is -0.914. The molecule has 0 amide bonds. The predicted molar refractivity (Wildman–Crippen MR) is 70.6 cm³/mol. The van der Waals surface area contributed by atoms with E-state index < -0.39 is 11.9 Å². The number of anilines is 1. The number of aromatic nitrogens is 1. The van der Waals surface area contributed by atoms with Crippen LogP contribution in [-0.4, -0.2) is 40.2 Å². The molecule has 0 atom stereocenters. The van der Waals surface area contributed by atoms with Crippen LogP contribution >= 0.6 is 11.6 Å². The van der Waals surface area contributed by atoms with E-state index in [4.69, 9.17) is 21.8 Å². The third kappa shape index (κ3) is 5.56. The molecule has 0 bridgehead atoms. The molecule has 1 aromatic heterocycles. The number of hydrogen-bond donors (Lipinski definition) is 2. The van der Waals surface area contributed by atoms with Crippen LogP contribution in [0.4, 0.5) is 5.69 Å². The summed E-state index contributed by atoms with van der Waals surface area (Å²) in [7, 11) is 0. The van der Waals surface area contributed by atoms with Crippen LogP contribution in [0.15, 0.2) is 18.3 Å². The first-order valence-corrected chi connectivity index (χ1v) is 6.17. The van der Waals surface area contributed by atoms with Gasteiger partial charge in [-0.2, -0.15) is 0 Å². The fourth-order valence-corrected chi connectivity index (χ4v) is 1.86. The normalized spacial score (nSPS) is 10.2. The number of aliphatic carboxylic acids is 2. The summed E-state index contributed by atoms with van der Waals surface area (Å²) in [5.74, 6) is -1.79. The molecule has 0 saturated carbocycles. The Morgan fingerprint density at radius 3 is 2.47 bits per heavy atom. The van der Waals surface area contributed by atoms with Gasteiger partial charge in [-0.05, 0) is 18.6 Å². The summed E-state index contributed by atoms with van der Waals surface area (Å²) in [6, 6.07) is 3.43. The summed E-state index contributed by atoms with van der Waals surface area (Å²) < 4.78 is 0. The Bertz CT molecular complexity index is 453. The molecule has 0 unspecified atom stereocenters. The molecule has 2 N–H and O–H groups in total. The molecule has 6 nitrogen and oxygen atoms in total. The number of nitrogens with zero attached hydrogens (tertiary/aromatic N) is 2. The molecule has 0 aliphatic heterocycles. The van der Waals surface area contributed by atoms with E-state index in [9.17, 15) is 9.59 Å². The number of carboxylic acid groups (broad SMARTS) is 2. The third-order valence-electron chi connectivity index (χ3n) is 2.49. The Kier molecular flexibility index (Phi) is 6.08. The van der Waals surface area contributed by atoms with E-state index in [1.165, 1.54) is 0 Å². The van der Waals surface area contributed by atoms with Gasteiger partial charge in [0, 0.05) is 25.7 Å². The molecule has 104 valence electrons. The highest BCUT2D eigenvalue weighted by Gasteiger charge is 2.12. The fraction of sp³-hybridized carbons (Fsp3) is 0.417. The number of carboxylic acids is 2. The standard InChI is InChI=1S/C12H15ClN2O4/c13-12-9(3-1-6-14-12)15(8-5-11(18)19)7-2-4-10(16)17/h1,3,6H,2,4-5,7-8H2,(H,16,17)(H,18,19). The lowest BCUT2D eigenvalue weighted by molar-refractivity contribution is -0.138. The molecular weight excluding hydrogens is 272 g/mol. The maximum atomic E-state index is 10.6. The van der Waals surface area contributed by atoms with Crippen LogP contribution in [0.1, 0.15) is 19.3 Å². The Morgan fingerprint density at radius 2 is 1.89 bits per heavy atom. The maximum Gasteiger partial charge on any atom is 0.305 e. The van der Waals surface area contributed by atoms with Crippen molar-refractivity contribution in [3.63, 3.8) is 0 Å². The lowest BCUT2D eigenvalue weighted by Gasteiger charge is -2.24. The predicted octanol–water partition coefficient (Wildman–Crippen LogP) is 1.88. The van der Waals surface area contributed by atoms with Crippen molar-refractivity contribution in [3.8, 4) is 0 Å². The molecule has 0 aliphatic rings. The van der Waals surface area contributed by atoms with Crippen molar-refractivity contribution in [1.29, 1.82) is 0 Å². The molecule has 0 spiro atoms. The zero-order chi connectivity index (χ0) is 14.3. The largest absolute Gasteiger partial charge is 0.481 e. The van der Waals surface area contributed by atoms with Crippen LogP contribution in [0.3, 0.4) is 0 Å². The minimum absolute atomic E-state index is 0.0292. The van der Waals surface area contributed by atoms with Gasteiger partial charge in [-0.25, -0.2) is 4.98 Å². The Morgan fingerprint density at radius 1 is 1.21 bits per heavy atom. The molecule has 1 heterocycles. The van der Waals surface area contributed by atoms with Crippen molar-refractivity contribution >= 4 is 29.2 Å². The number of rotatable bonds is 8. The molecule has 1 aromatic rings. The average Bonchev–Trinajstić information content (AvgIpc) is 2.34. The van der Waals surface area contributed by atoms with Gasteiger partial charge in [0.2, 0.25) is 0 Å². The lowest BCUT2D eigenvalue weighted by Crippen LogP contribution is -2.28. The van der Waals surface area contributed by atoms with Crippen molar-refractivity contribution < 1.29 is 19.8 Å². The van der Waals surface area contributed by atoms with Crippen LogP contribution in [0, 0.1) is 0 Å². The van der Waals surface area contributed by atoms with Crippen LogP contribution in [0.25, 0.3) is 0 Å². The van der Waals surface area contributed by atoms with E-state index in [0.29, 0.717) is 18.7 Å². The molecule has 0 saturated heterocycles. The molecular formula is C12H15ClN2O4. The maximum absolute atomic E-state index is 10.6. The van der Waals surface area contributed by atoms with Crippen LogP contribution in [-0.2, 0) is 9.59 Å². The van der Waals surface area contributed by atoms with Gasteiger partial charge in [-0.1, -0.05) is 11.6 Å². The van der Waals surface area contributed by atoms with Crippen molar-refractivity contribution in [2.45, 2.75) is 19.3 Å². The second-order valence-electron chi connectivity index (χ2n) is 3.94. The molecule has 0 fully saturated rings. The first-order valence-electron chi connectivity index (χ1n) is 5.79. The van der Waals surface area contributed by atoms with Gasteiger partial charge in [-0.3, -0.25) is 9.59 Å². The monoisotopic (exact) mass is 286 g/mol. The first kappa shape index (κ1) is 15.2. The highest BCUT2D eigenvalue weighted by atomic mass is 35.5. The van der Waals surface area contributed by atoms with Gasteiger partial charge >= 0.3 is 11.9 Å². The summed E-state index contributed by atoms with van der Waals surface area (Å²) in [6.45, 7) is 0.686. The summed E-state index contributed by atoms with van der Waals surface area (Å²) in [6.07, 6.45) is 1.94. The topological polar surface area (TPSA) is 90.7 Å². The van der Waals surface area contributed by atoms with E-state index in [2.05, 4.69) is 4.98 Å². The summed E-state index contributed by atoms with van der Waals surface area (Å²) >= 11 is 5.96. The van der Waals surface area contributed by atoms with Crippen molar-refractivity contribution in [1.82, 2.24) is 4.98 Å². The Hall–Kier alpha value is -1.82. The summed E-state index contributed by atoms with van der Waals surface area (Å²) in [5, 5.41) is 17.6. The Balaban J connectivity index is 2.71. The smallest absolute Gasteiger partial charge is 0.305 e. The van der Waals surface area contributed by atoms with E-state index in [1.54, 1.807) is 23.2 Å². The van der Waals surface area contributed by atoms with Crippen molar-refractivity contribution in [2.75, 3.05) is 18.0 Å². The van der Waals surface area contributed by atoms with Crippen LogP contribution < -0.4 is 4.90 Å². The first-order chi connectivity index (χ1) is 9.00. The SMILES string of the molecule is O=C(O)CCCN(CCC(=O)O)c1cccnc1Cl. The van der Waals surface area contributed by atoms with E-state index in [0.717, 1.165) is 0 Å². The molecule has 0 radical (unpaired) electrons. The van der Waals surface area contributed by atoms with Gasteiger partial charge in [-0.15, -0.1) is 0 Å². The third-order valence-corrected chi connectivity index (χ3v) is 2.79. The van der Waals surface area contributed by atoms with Gasteiger partial charge < -0.3 is 15.1 Å². The highest BCUT2D eigenvalue weighted by Crippen LogP contribution is 2.23. The summed E-state index contributed by atoms with van der Waals surface area (Å²) in [4.78, 5) is 26.8. The van der Waals surface area contributed by atoms with E-state index >= 15 is 0 Å². The van der Waals surface area contributed by atoms with Crippen molar-refractivity contribution in [3.05, 3.63) is 23.5 Å².